The van der Waals surface area contributed by atoms with E-state index in [1.165, 1.54) is 24.3 Å². The SMILES string of the molecule is CC(C)CC(C)(COc1ccc(-c2cccc3cc(C(F)(F)F)nn23)cc1F)NC(=O)O. The van der Waals surface area contributed by atoms with Crippen LogP contribution in [-0.2, 0) is 6.18 Å². The molecule has 10 heteroatoms. The van der Waals surface area contributed by atoms with E-state index in [4.69, 9.17) is 9.84 Å². The van der Waals surface area contributed by atoms with E-state index >= 15 is 0 Å². The quantitative estimate of drug-likeness (QED) is 0.456. The Bertz CT molecular complexity index is 1130. The molecule has 1 aromatic carbocycles. The molecule has 1 unspecified atom stereocenters. The van der Waals surface area contributed by atoms with Crippen molar-refractivity contribution in [2.45, 2.75) is 38.9 Å². The molecule has 2 N–H and O–H groups in total. The molecule has 0 bridgehead atoms. The lowest BCUT2D eigenvalue weighted by atomic mass is 9.91. The average molecular weight is 453 g/mol. The van der Waals surface area contributed by atoms with Gasteiger partial charge in [0.25, 0.3) is 0 Å². The number of carboxylic acid groups (broad SMARTS) is 1. The number of carbonyl (C=O) groups is 1. The summed E-state index contributed by atoms with van der Waals surface area (Å²) in [6.07, 6.45) is -5.33. The van der Waals surface area contributed by atoms with Crippen LogP contribution in [0.4, 0.5) is 22.4 Å². The van der Waals surface area contributed by atoms with Gasteiger partial charge in [-0.25, -0.2) is 13.7 Å². The van der Waals surface area contributed by atoms with Crippen LogP contribution in [0.2, 0.25) is 0 Å². The number of nitrogens with one attached hydrogen (secondary N) is 1. The Balaban J connectivity index is 1.87. The summed E-state index contributed by atoms with van der Waals surface area (Å²) in [5.41, 5.74) is -1.16. The van der Waals surface area contributed by atoms with Crippen molar-refractivity contribution < 1.29 is 32.2 Å². The van der Waals surface area contributed by atoms with Crippen molar-refractivity contribution in [3.8, 4) is 17.0 Å². The van der Waals surface area contributed by atoms with Crippen molar-refractivity contribution in [3.63, 3.8) is 0 Å². The topological polar surface area (TPSA) is 75.9 Å². The van der Waals surface area contributed by atoms with Crippen molar-refractivity contribution in [2.24, 2.45) is 5.92 Å². The Morgan fingerprint density at radius 2 is 1.94 bits per heavy atom. The summed E-state index contributed by atoms with van der Waals surface area (Å²) in [7, 11) is 0. The number of benzene rings is 1. The fourth-order valence-corrected chi connectivity index (χ4v) is 3.69. The molecule has 0 aliphatic heterocycles. The summed E-state index contributed by atoms with van der Waals surface area (Å²) >= 11 is 0. The van der Waals surface area contributed by atoms with Gasteiger partial charge in [0.2, 0.25) is 0 Å². The molecule has 3 aromatic rings. The first kappa shape index (κ1) is 23.4. The van der Waals surface area contributed by atoms with E-state index in [1.54, 1.807) is 13.0 Å². The number of nitrogens with zero attached hydrogens (tertiary/aromatic N) is 2. The predicted molar refractivity (Wildman–Crippen MR) is 110 cm³/mol. The van der Waals surface area contributed by atoms with Crippen molar-refractivity contribution >= 4 is 11.6 Å². The zero-order valence-electron chi connectivity index (χ0n) is 17.7. The number of hydrogen-bond donors (Lipinski definition) is 2. The lowest BCUT2D eigenvalue weighted by Crippen LogP contribution is -2.50. The Hall–Kier alpha value is -3.30. The third-order valence-corrected chi connectivity index (χ3v) is 4.82. The van der Waals surface area contributed by atoms with E-state index in [9.17, 15) is 22.4 Å². The molecule has 3 rings (SSSR count). The largest absolute Gasteiger partial charge is 0.488 e. The van der Waals surface area contributed by atoms with Crippen LogP contribution in [0.15, 0.2) is 42.5 Å². The van der Waals surface area contributed by atoms with E-state index in [2.05, 4.69) is 10.4 Å². The highest BCUT2D eigenvalue weighted by Gasteiger charge is 2.34. The number of ether oxygens (including phenoxy) is 1. The normalized spacial score (nSPS) is 13.9. The van der Waals surface area contributed by atoms with Gasteiger partial charge in [-0.05, 0) is 55.7 Å². The minimum atomic E-state index is -4.60. The Morgan fingerprint density at radius 3 is 2.53 bits per heavy atom. The maximum absolute atomic E-state index is 14.8. The maximum Gasteiger partial charge on any atom is 0.435 e. The second-order valence-electron chi connectivity index (χ2n) is 8.30. The molecule has 0 fully saturated rings. The molecule has 6 nitrogen and oxygen atoms in total. The van der Waals surface area contributed by atoms with Crippen LogP contribution in [0.25, 0.3) is 16.8 Å². The molecule has 1 atom stereocenters. The van der Waals surface area contributed by atoms with Crippen LogP contribution < -0.4 is 10.1 Å². The fourth-order valence-electron chi connectivity index (χ4n) is 3.69. The Kier molecular flexibility index (Phi) is 6.34. The minimum Gasteiger partial charge on any atom is -0.488 e. The molecule has 0 saturated heterocycles. The molecular formula is C22H23F4N3O3. The zero-order chi connectivity index (χ0) is 23.7. The standard InChI is InChI=1S/C22H23F4N3O3/c1-13(2)11-21(3,27-20(30)31)12-32-18-8-7-14(9-16(18)23)17-6-4-5-15-10-19(22(24,25)26)28-29(15)17/h4-10,13,27H,11-12H2,1-3H3,(H,30,31). The first-order chi connectivity index (χ1) is 14.9. The maximum atomic E-state index is 14.8. The molecule has 2 heterocycles. The van der Waals surface area contributed by atoms with Gasteiger partial charge in [-0.15, -0.1) is 0 Å². The summed E-state index contributed by atoms with van der Waals surface area (Å²) in [6, 6.07) is 9.49. The van der Waals surface area contributed by atoms with Crippen molar-refractivity contribution in [1.29, 1.82) is 0 Å². The summed E-state index contributed by atoms with van der Waals surface area (Å²) in [4.78, 5) is 11.1. The van der Waals surface area contributed by atoms with Gasteiger partial charge in [0.1, 0.15) is 6.61 Å². The lowest BCUT2D eigenvalue weighted by molar-refractivity contribution is -0.141. The van der Waals surface area contributed by atoms with Crippen LogP contribution in [0, 0.1) is 11.7 Å². The number of fused-ring (bicyclic) bond motifs is 1. The van der Waals surface area contributed by atoms with Crippen LogP contribution in [0.1, 0.15) is 32.9 Å². The van der Waals surface area contributed by atoms with Gasteiger partial charge in [0.05, 0.1) is 16.7 Å². The molecule has 0 spiro atoms. The highest BCUT2D eigenvalue weighted by Crippen LogP contribution is 2.32. The van der Waals surface area contributed by atoms with Gasteiger partial charge >= 0.3 is 12.3 Å². The van der Waals surface area contributed by atoms with E-state index in [1.807, 2.05) is 13.8 Å². The van der Waals surface area contributed by atoms with Crippen LogP contribution in [0.5, 0.6) is 5.75 Å². The monoisotopic (exact) mass is 453 g/mol. The molecule has 0 aliphatic carbocycles. The second-order valence-corrected chi connectivity index (χ2v) is 8.30. The number of halogens is 4. The minimum absolute atomic E-state index is 0.0976. The van der Waals surface area contributed by atoms with Gasteiger partial charge in [-0.2, -0.15) is 18.3 Å². The van der Waals surface area contributed by atoms with Crippen molar-refractivity contribution in [3.05, 3.63) is 54.0 Å². The molecule has 2 aromatic heterocycles. The summed E-state index contributed by atoms with van der Waals surface area (Å²) in [5.74, 6) is -0.664. The smallest absolute Gasteiger partial charge is 0.435 e. The first-order valence-electron chi connectivity index (χ1n) is 9.88. The Labute approximate surface area is 181 Å². The van der Waals surface area contributed by atoms with Gasteiger partial charge in [-0.3, -0.25) is 0 Å². The van der Waals surface area contributed by atoms with Gasteiger partial charge in [0.15, 0.2) is 17.3 Å². The van der Waals surface area contributed by atoms with Gasteiger partial charge < -0.3 is 15.2 Å². The highest BCUT2D eigenvalue weighted by atomic mass is 19.4. The number of rotatable bonds is 7. The zero-order valence-corrected chi connectivity index (χ0v) is 17.7. The lowest BCUT2D eigenvalue weighted by Gasteiger charge is -2.31. The first-order valence-corrected chi connectivity index (χ1v) is 9.88. The number of hydrogen-bond acceptors (Lipinski definition) is 3. The fraction of sp³-hybridized carbons (Fsp3) is 0.364. The molecule has 0 radical (unpaired) electrons. The summed E-state index contributed by atoms with van der Waals surface area (Å²) in [6.45, 7) is 5.43. The van der Waals surface area contributed by atoms with Gasteiger partial charge in [0, 0.05) is 5.56 Å². The third kappa shape index (κ3) is 5.30. The summed E-state index contributed by atoms with van der Waals surface area (Å²) < 4.78 is 60.5. The molecule has 0 aliphatic rings. The molecule has 32 heavy (non-hydrogen) atoms. The summed E-state index contributed by atoms with van der Waals surface area (Å²) in [5, 5.41) is 15.1. The average Bonchev–Trinajstić information content (AvgIpc) is 3.10. The molecule has 172 valence electrons. The Morgan fingerprint density at radius 1 is 1.22 bits per heavy atom. The van der Waals surface area contributed by atoms with Crippen LogP contribution >= 0.6 is 0 Å². The van der Waals surface area contributed by atoms with Gasteiger partial charge in [-0.1, -0.05) is 19.9 Å². The number of alkyl halides is 3. The van der Waals surface area contributed by atoms with Crippen LogP contribution in [-0.4, -0.2) is 33.0 Å². The number of amides is 1. The molecule has 1 amide bonds. The molecule has 0 saturated carbocycles. The van der Waals surface area contributed by atoms with Crippen molar-refractivity contribution in [2.75, 3.05) is 6.61 Å². The van der Waals surface area contributed by atoms with E-state index < -0.39 is 29.3 Å². The van der Waals surface area contributed by atoms with Crippen molar-refractivity contribution in [1.82, 2.24) is 14.9 Å². The predicted octanol–water partition coefficient (Wildman–Crippen LogP) is 5.61. The van der Waals surface area contributed by atoms with E-state index in [0.717, 1.165) is 16.6 Å². The van der Waals surface area contributed by atoms with Crippen LogP contribution in [0.3, 0.4) is 0 Å². The number of pyridine rings is 1. The van der Waals surface area contributed by atoms with E-state index in [0.29, 0.717) is 12.0 Å². The highest BCUT2D eigenvalue weighted by molar-refractivity contribution is 5.66. The number of aromatic nitrogens is 2. The second kappa shape index (κ2) is 8.68. The molecular weight excluding hydrogens is 430 g/mol. The van der Waals surface area contributed by atoms with E-state index in [-0.39, 0.29) is 29.5 Å². The third-order valence-electron chi connectivity index (χ3n) is 4.82.